The molecule has 1 aliphatic heterocycles. The van der Waals surface area contributed by atoms with Gasteiger partial charge in [0.1, 0.15) is 0 Å². The van der Waals surface area contributed by atoms with E-state index in [1.54, 1.807) is 0 Å². The van der Waals surface area contributed by atoms with E-state index in [1.165, 1.54) is 58.2 Å². The molecule has 0 aliphatic carbocycles. The maximum absolute atomic E-state index is 3.59. The molecule has 0 radical (unpaired) electrons. The molecular weight excluding hydrogens is 196 g/mol. The molecule has 1 saturated heterocycles. The number of nitrogens with zero attached hydrogens (tertiary/aromatic N) is 1. The van der Waals surface area contributed by atoms with Gasteiger partial charge in [-0.15, -0.1) is 0 Å². The van der Waals surface area contributed by atoms with Crippen LogP contribution in [0.5, 0.6) is 0 Å². The third-order valence-electron chi connectivity index (χ3n) is 3.71. The second kappa shape index (κ2) is 8.08. The van der Waals surface area contributed by atoms with Gasteiger partial charge in [0, 0.05) is 12.1 Å². The lowest BCUT2D eigenvalue weighted by Crippen LogP contribution is -2.36. The molecule has 2 nitrogen and oxygen atoms in total. The Bertz CT molecular complexity index is 162. The van der Waals surface area contributed by atoms with Crippen LogP contribution in [0, 0.1) is 0 Å². The van der Waals surface area contributed by atoms with Gasteiger partial charge in [-0.3, -0.25) is 0 Å². The zero-order valence-corrected chi connectivity index (χ0v) is 11.5. The number of rotatable bonds is 8. The van der Waals surface area contributed by atoms with Crippen LogP contribution in [0.1, 0.15) is 59.3 Å². The van der Waals surface area contributed by atoms with Crippen molar-refractivity contribution in [1.82, 2.24) is 10.2 Å². The average Bonchev–Trinajstić information content (AvgIpc) is 2.75. The Labute approximate surface area is 102 Å². The van der Waals surface area contributed by atoms with E-state index >= 15 is 0 Å². The highest BCUT2D eigenvalue weighted by Crippen LogP contribution is 2.11. The van der Waals surface area contributed by atoms with E-state index in [4.69, 9.17) is 0 Å². The van der Waals surface area contributed by atoms with Crippen molar-refractivity contribution in [1.29, 1.82) is 0 Å². The van der Waals surface area contributed by atoms with Gasteiger partial charge >= 0.3 is 0 Å². The van der Waals surface area contributed by atoms with E-state index < -0.39 is 0 Å². The number of hydrogen-bond acceptors (Lipinski definition) is 2. The summed E-state index contributed by atoms with van der Waals surface area (Å²) in [4.78, 5) is 2.65. The van der Waals surface area contributed by atoms with Gasteiger partial charge in [0.2, 0.25) is 0 Å². The van der Waals surface area contributed by atoms with E-state index in [0.717, 1.165) is 6.04 Å². The minimum Gasteiger partial charge on any atom is -0.314 e. The van der Waals surface area contributed by atoms with Crippen molar-refractivity contribution in [2.75, 3.05) is 19.6 Å². The zero-order chi connectivity index (χ0) is 11.8. The highest BCUT2D eigenvalue weighted by molar-refractivity contribution is 4.76. The van der Waals surface area contributed by atoms with Gasteiger partial charge in [-0.1, -0.05) is 19.8 Å². The molecule has 0 amide bonds. The summed E-state index contributed by atoms with van der Waals surface area (Å²) in [5.41, 5.74) is 0. The minimum atomic E-state index is 0.707. The predicted octanol–water partition coefficient (Wildman–Crippen LogP) is 3.03. The molecule has 1 aliphatic rings. The third kappa shape index (κ3) is 5.31. The van der Waals surface area contributed by atoms with Crippen LogP contribution in [0.15, 0.2) is 0 Å². The highest BCUT2D eigenvalue weighted by Gasteiger charge is 2.16. The first-order chi connectivity index (χ1) is 7.74. The smallest absolute Gasteiger partial charge is 0.00797 e. The fraction of sp³-hybridized carbons (Fsp3) is 1.00. The van der Waals surface area contributed by atoms with Crippen molar-refractivity contribution < 1.29 is 0 Å². The average molecular weight is 226 g/mol. The molecule has 0 aromatic heterocycles. The molecule has 1 unspecified atom stereocenters. The van der Waals surface area contributed by atoms with E-state index in [2.05, 4.69) is 31.0 Å². The van der Waals surface area contributed by atoms with E-state index in [1.807, 2.05) is 0 Å². The molecule has 1 heterocycles. The van der Waals surface area contributed by atoms with Crippen molar-refractivity contribution in [3.05, 3.63) is 0 Å². The second-order valence-corrected chi connectivity index (χ2v) is 5.42. The van der Waals surface area contributed by atoms with Gasteiger partial charge in [-0.25, -0.2) is 0 Å². The third-order valence-corrected chi connectivity index (χ3v) is 3.71. The van der Waals surface area contributed by atoms with Crippen LogP contribution < -0.4 is 5.32 Å². The van der Waals surface area contributed by atoms with Gasteiger partial charge in [0.15, 0.2) is 0 Å². The van der Waals surface area contributed by atoms with Gasteiger partial charge in [-0.05, 0) is 59.2 Å². The molecule has 1 fully saturated rings. The monoisotopic (exact) mass is 226 g/mol. The molecule has 1 N–H and O–H groups in total. The quantitative estimate of drug-likeness (QED) is 0.640. The lowest BCUT2D eigenvalue weighted by Gasteiger charge is -2.27. The first kappa shape index (κ1) is 14.0. The SMILES string of the molecule is CCCCCN(CCC1CCCN1)C(C)C. The maximum atomic E-state index is 3.59. The molecule has 0 saturated carbocycles. The van der Waals surface area contributed by atoms with Crippen molar-refractivity contribution in [2.24, 2.45) is 0 Å². The fourth-order valence-corrected chi connectivity index (χ4v) is 2.52. The van der Waals surface area contributed by atoms with Crippen molar-refractivity contribution in [3.63, 3.8) is 0 Å². The topological polar surface area (TPSA) is 15.3 Å². The second-order valence-electron chi connectivity index (χ2n) is 5.42. The van der Waals surface area contributed by atoms with Crippen LogP contribution in [0.25, 0.3) is 0 Å². The summed E-state index contributed by atoms with van der Waals surface area (Å²) in [6.45, 7) is 10.7. The molecule has 0 spiro atoms. The molecule has 0 aromatic carbocycles. The molecule has 0 aromatic rings. The van der Waals surface area contributed by atoms with E-state index in [9.17, 15) is 0 Å². The van der Waals surface area contributed by atoms with Gasteiger partial charge in [0.05, 0.1) is 0 Å². The Morgan fingerprint density at radius 2 is 2.06 bits per heavy atom. The standard InChI is InChI=1S/C14H30N2/c1-4-5-6-11-16(13(2)3)12-9-14-8-7-10-15-14/h13-15H,4-12H2,1-3H3. The number of unbranched alkanes of at least 4 members (excludes halogenated alkanes) is 2. The summed E-state index contributed by atoms with van der Waals surface area (Å²) >= 11 is 0. The number of nitrogens with one attached hydrogen (secondary N) is 1. The van der Waals surface area contributed by atoms with Gasteiger partial charge in [0.25, 0.3) is 0 Å². The van der Waals surface area contributed by atoms with Crippen LogP contribution in [-0.4, -0.2) is 36.6 Å². The Kier molecular flexibility index (Phi) is 7.06. The lowest BCUT2D eigenvalue weighted by atomic mass is 10.1. The normalized spacial score (nSPS) is 21.2. The van der Waals surface area contributed by atoms with Gasteiger partial charge in [-0.2, -0.15) is 0 Å². The van der Waals surface area contributed by atoms with Crippen LogP contribution in [-0.2, 0) is 0 Å². The Morgan fingerprint density at radius 1 is 1.25 bits per heavy atom. The molecule has 1 atom stereocenters. The van der Waals surface area contributed by atoms with Crippen molar-refractivity contribution in [2.45, 2.75) is 71.4 Å². The fourth-order valence-electron chi connectivity index (χ4n) is 2.52. The zero-order valence-electron chi connectivity index (χ0n) is 11.5. The largest absolute Gasteiger partial charge is 0.314 e. The summed E-state index contributed by atoms with van der Waals surface area (Å²) in [7, 11) is 0. The molecule has 1 rings (SSSR count). The summed E-state index contributed by atoms with van der Waals surface area (Å²) in [6, 6.07) is 1.51. The van der Waals surface area contributed by atoms with E-state index in [-0.39, 0.29) is 0 Å². The molecule has 2 heteroatoms. The molecule has 0 bridgehead atoms. The highest BCUT2D eigenvalue weighted by atomic mass is 15.1. The first-order valence-electron chi connectivity index (χ1n) is 7.21. The summed E-state index contributed by atoms with van der Waals surface area (Å²) in [5, 5.41) is 3.59. The Hall–Kier alpha value is -0.0800. The predicted molar refractivity (Wildman–Crippen MR) is 71.9 cm³/mol. The van der Waals surface area contributed by atoms with Crippen molar-refractivity contribution >= 4 is 0 Å². The summed E-state index contributed by atoms with van der Waals surface area (Å²) in [5.74, 6) is 0. The van der Waals surface area contributed by atoms with Crippen LogP contribution in [0.2, 0.25) is 0 Å². The lowest BCUT2D eigenvalue weighted by molar-refractivity contribution is 0.207. The Morgan fingerprint density at radius 3 is 2.62 bits per heavy atom. The molecule has 96 valence electrons. The minimum absolute atomic E-state index is 0.707. The Balaban J connectivity index is 2.16. The summed E-state index contributed by atoms with van der Waals surface area (Å²) < 4.78 is 0. The summed E-state index contributed by atoms with van der Waals surface area (Å²) in [6.07, 6.45) is 8.18. The molecule has 16 heavy (non-hydrogen) atoms. The van der Waals surface area contributed by atoms with Crippen molar-refractivity contribution in [3.8, 4) is 0 Å². The molecular formula is C14H30N2. The van der Waals surface area contributed by atoms with Crippen LogP contribution >= 0.6 is 0 Å². The van der Waals surface area contributed by atoms with Crippen LogP contribution in [0.3, 0.4) is 0 Å². The van der Waals surface area contributed by atoms with E-state index in [0.29, 0.717) is 6.04 Å². The first-order valence-corrected chi connectivity index (χ1v) is 7.21. The maximum Gasteiger partial charge on any atom is 0.00797 e. The number of hydrogen-bond donors (Lipinski definition) is 1. The van der Waals surface area contributed by atoms with Gasteiger partial charge < -0.3 is 10.2 Å². The van der Waals surface area contributed by atoms with Crippen LogP contribution in [0.4, 0.5) is 0 Å².